The standard InChI is InChI=1S/C18H15BrN2O3S/c1-12-4-7-14-3-2-10-20-17(14)18(12)25(23,24)21-16(22)11-13-5-8-15(19)9-6-13/h2-10H,11H2,1H3,(H,21,22). The van der Waals surface area contributed by atoms with E-state index in [0.717, 1.165) is 10.0 Å². The molecule has 1 aromatic heterocycles. The van der Waals surface area contributed by atoms with Gasteiger partial charge in [-0.3, -0.25) is 9.78 Å². The number of pyridine rings is 1. The number of aryl methyl sites for hydroxylation is 1. The van der Waals surface area contributed by atoms with Crippen molar-refractivity contribution >= 4 is 42.8 Å². The highest BCUT2D eigenvalue weighted by Gasteiger charge is 2.23. The first-order valence-corrected chi connectivity index (χ1v) is 9.79. The van der Waals surface area contributed by atoms with Crippen molar-refractivity contribution in [2.75, 3.05) is 0 Å². The van der Waals surface area contributed by atoms with Crippen LogP contribution in [0.3, 0.4) is 0 Å². The molecule has 0 radical (unpaired) electrons. The first-order chi connectivity index (χ1) is 11.9. The maximum Gasteiger partial charge on any atom is 0.266 e. The van der Waals surface area contributed by atoms with Crippen molar-refractivity contribution in [2.24, 2.45) is 0 Å². The fraction of sp³-hybridized carbons (Fsp3) is 0.111. The zero-order chi connectivity index (χ0) is 18.0. The molecule has 0 atom stereocenters. The van der Waals surface area contributed by atoms with Gasteiger partial charge < -0.3 is 0 Å². The second kappa shape index (κ2) is 6.93. The quantitative estimate of drug-likeness (QED) is 0.704. The van der Waals surface area contributed by atoms with Crippen molar-refractivity contribution in [3.8, 4) is 0 Å². The van der Waals surface area contributed by atoms with E-state index in [1.165, 1.54) is 6.20 Å². The van der Waals surface area contributed by atoms with Crippen molar-refractivity contribution in [1.29, 1.82) is 0 Å². The first-order valence-electron chi connectivity index (χ1n) is 7.51. The van der Waals surface area contributed by atoms with Gasteiger partial charge in [-0.2, -0.15) is 0 Å². The highest BCUT2D eigenvalue weighted by molar-refractivity contribution is 9.10. The van der Waals surface area contributed by atoms with E-state index >= 15 is 0 Å². The Morgan fingerprint density at radius 1 is 1.12 bits per heavy atom. The maximum absolute atomic E-state index is 12.7. The van der Waals surface area contributed by atoms with Crippen LogP contribution < -0.4 is 4.72 Å². The lowest BCUT2D eigenvalue weighted by Crippen LogP contribution is -2.32. The van der Waals surface area contributed by atoms with Crippen LogP contribution in [0.4, 0.5) is 0 Å². The van der Waals surface area contributed by atoms with E-state index in [9.17, 15) is 13.2 Å². The van der Waals surface area contributed by atoms with E-state index in [4.69, 9.17) is 0 Å². The smallest absolute Gasteiger partial charge is 0.266 e. The molecule has 25 heavy (non-hydrogen) atoms. The minimum absolute atomic E-state index is 0.0241. The molecule has 5 nitrogen and oxygen atoms in total. The number of nitrogens with one attached hydrogen (secondary N) is 1. The Morgan fingerprint density at radius 2 is 1.84 bits per heavy atom. The molecule has 3 aromatic rings. The van der Waals surface area contributed by atoms with Gasteiger partial charge in [0.25, 0.3) is 10.0 Å². The summed E-state index contributed by atoms with van der Waals surface area (Å²) in [5, 5.41) is 0.703. The molecule has 0 aliphatic rings. The molecule has 0 spiro atoms. The summed E-state index contributed by atoms with van der Waals surface area (Å²) in [6.07, 6.45) is 1.51. The third-order valence-electron chi connectivity index (χ3n) is 3.72. The minimum atomic E-state index is -4.02. The Balaban J connectivity index is 1.91. The summed E-state index contributed by atoms with van der Waals surface area (Å²) in [5.74, 6) is -0.588. The van der Waals surface area contributed by atoms with Gasteiger partial charge in [-0.1, -0.05) is 46.3 Å². The summed E-state index contributed by atoms with van der Waals surface area (Å²) in [6.45, 7) is 1.68. The summed E-state index contributed by atoms with van der Waals surface area (Å²) in [4.78, 5) is 16.4. The third-order valence-corrected chi connectivity index (χ3v) is 5.80. The molecule has 7 heteroatoms. The van der Waals surface area contributed by atoms with E-state index < -0.39 is 15.9 Å². The SMILES string of the molecule is Cc1ccc2cccnc2c1S(=O)(=O)NC(=O)Cc1ccc(Br)cc1. The Hall–Kier alpha value is -2.25. The topological polar surface area (TPSA) is 76.1 Å². The zero-order valence-electron chi connectivity index (χ0n) is 13.4. The van der Waals surface area contributed by atoms with Crippen LogP contribution in [0, 0.1) is 6.92 Å². The summed E-state index contributed by atoms with van der Waals surface area (Å²) in [6, 6.07) is 14.2. The normalized spacial score (nSPS) is 11.4. The molecule has 0 aliphatic carbocycles. The van der Waals surface area contributed by atoms with E-state index in [0.29, 0.717) is 16.5 Å². The Kier molecular flexibility index (Phi) is 4.87. The number of sulfonamides is 1. The largest absolute Gasteiger partial charge is 0.274 e. The van der Waals surface area contributed by atoms with Crippen LogP contribution in [-0.4, -0.2) is 19.3 Å². The van der Waals surface area contributed by atoms with Crippen molar-refractivity contribution < 1.29 is 13.2 Å². The number of nitrogens with zero attached hydrogens (tertiary/aromatic N) is 1. The molecule has 0 aliphatic heterocycles. The summed E-state index contributed by atoms with van der Waals surface area (Å²) < 4.78 is 28.5. The molecular formula is C18H15BrN2O3S. The first kappa shape index (κ1) is 17.6. The number of aromatic nitrogens is 1. The average Bonchev–Trinajstić information content (AvgIpc) is 2.56. The number of carbonyl (C=O) groups excluding carboxylic acids is 1. The highest BCUT2D eigenvalue weighted by atomic mass is 79.9. The maximum atomic E-state index is 12.7. The number of carbonyl (C=O) groups is 1. The fourth-order valence-electron chi connectivity index (χ4n) is 2.58. The average molecular weight is 419 g/mol. The van der Waals surface area contributed by atoms with Crippen molar-refractivity contribution in [2.45, 2.75) is 18.2 Å². The van der Waals surface area contributed by atoms with Gasteiger partial charge >= 0.3 is 0 Å². The number of hydrogen-bond donors (Lipinski definition) is 1. The Bertz CT molecular complexity index is 1050. The Labute approximate surface area is 154 Å². The molecule has 1 heterocycles. The molecule has 0 saturated carbocycles. The van der Waals surface area contributed by atoms with Crippen LogP contribution in [0.25, 0.3) is 10.9 Å². The Morgan fingerprint density at radius 3 is 2.56 bits per heavy atom. The van der Waals surface area contributed by atoms with Crippen molar-refractivity contribution in [1.82, 2.24) is 9.71 Å². The van der Waals surface area contributed by atoms with E-state index in [1.54, 1.807) is 55.5 Å². The summed E-state index contributed by atoms with van der Waals surface area (Å²) >= 11 is 3.32. The van der Waals surface area contributed by atoms with Gasteiger partial charge in [0.05, 0.1) is 11.9 Å². The minimum Gasteiger partial charge on any atom is -0.274 e. The molecule has 2 aromatic carbocycles. The third kappa shape index (κ3) is 3.88. The van der Waals surface area contributed by atoms with E-state index in [-0.39, 0.29) is 11.3 Å². The number of amides is 1. The lowest BCUT2D eigenvalue weighted by molar-refractivity contribution is -0.118. The number of rotatable bonds is 4. The van der Waals surface area contributed by atoms with Crippen molar-refractivity contribution in [3.05, 3.63) is 70.3 Å². The number of halogens is 1. The monoisotopic (exact) mass is 418 g/mol. The summed E-state index contributed by atoms with van der Waals surface area (Å²) in [7, 11) is -4.02. The lowest BCUT2D eigenvalue weighted by Gasteiger charge is -2.11. The molecule has 0 saturated heterocycles. The molecular weight excluding hydrogens is 404 g/mol. The van der Waals surface area contributed by atoms with E-state index in [2.05, 4.69) is 25.6 Å². The fourth-order valence-corrected chi connectivity index (χ4v) is 4.24. The van der Waals surface area contributed by atoms with Crippen LogP contribution in [-0.2, 0) is 21.2 Å². The van der Waals surface area contributed by atoms with Crippen LogP contribution in [0.2, 0.25) is 0 Å². The van der Waals surface area contributed by atoms with Gasteiger partial charge in [-0.25, -0.2) is 13.1 Å². The molecule has 1 amide bonds. The lowest BCUT2D eigenvalue weighted by atomic mass is 10.1. The number of hydrogen-bond acceptors (Lipinski definition) is 4. The predicted molar refractivity (Wildman–Crippen MR) is 99.7 cm³/mol. The van der Waals surface area contributed by atoms with Gasteiger partial charge in [0.1, 0.15) is 4.90 Å². The molecule has 3 rings (SSSR count). The summed E-state index contributed by atoms with van der Waals surface area (Å²) in [5.41, 5.74) is 1.62. The highest BCUT2D eigenvalue weighted by Crippen LogP contribution is 2.24. The molecule has 0 bridgehead atoms. The van der Waals surface area contributed by atoms with Crippen LogP contribution >= 0.6 is 15.9 Å². The van der Waals surface area contributed by atoms with Crippen LogP contribution in [0.5, 0.6) is 0 Å². The second-order valence-electron chi connectivity index (χ2n) is 5.62. The van der Waals surface area contributed by atoms with Crippen LogP contribution in [0.15, 0.2) is 64.1 Å². The molecule has 0 fully saturated rings. The number of fused-ring (bicyclic) bond motifs is 1. The van der Waals surface area contributed by atoms with Gasteiger partial charge in [-0.05, 0) is 36.2 Å². The molecule has 128 valence electrons. The van der Waals surface area contributed by atoms with E-state index in [1.807, 2.05) is 0 Å². The predicted octanol–water partition coefficient (Wildman–Crippen LogP) is 3.35. The van der Waals surface area contributed by atoms with Crippen molar-refractivity contribution in [3.63, 3.8) is 0 Å². The molecule has 0 unspecified atom stereocenters. The number of benzene rings is 2. The van der Waals surface area contributed by atoms with Gasteiger partial charge in [0.2, 0.25) is 5.91 Å². The van der Waals surface area contributed by atoms with Gasteiger partial charge in [0, 0.05) is 16.1 Å². The van der Waals surface area contributed by atoms with Crippen LogP contribution in [0.1, 0.15) is 11.1 Å². The molecule has 1 N–H and O–H groups in total. The second-order valence-corrected chi connectivity index (χ2v) is 8.15. The zero-order valence-corrected chi connectivity index (χ0v) is 15.8. The van der Waals surface area contributed by atoms with Gasteiger partial charge in [-0.15, -0.1) is 0 Å². The van der Waals surface area contributed by atoms with Gasteiger partial charge in [0.15, 0.2) is 0 Å².